The maximum Gasteiger partial charge on any atom is 0.414 e. The highest BCUT2D eigenvalue weighted by atomic mass is 16.7. The first kappa shape index (κ1) is 47.8. The number of rotatable bonds is 22. The maximum absolute atomic E-state index is 13.6. The molecule has 1 heterocycles. The van der Waals surface area contributed by atoms with Gasteiger partial charge in [-0.25, -0.2) is 14.4 Å². The highest BCUT2D eigenvalue weighted by Gasteiger charge is 2.43. The molecule has 1 aromatic carbocycles. The molecule has 1 aromatic rings. The number of primary amides is 1. The molecule has 3 N–H and O–H groups in total. The number of carbonyl (C=O) groups excluding carboxylic acids is 5. The van der Waals surface area contributed by atoms with E-state index >= 15 is 0 Å². The van der Waals surface area contributed by atoms with Crippen molar-refractivity contribution in [1.29, 1.82) is 0 Å². The first-order valence-electron chi connectivity index (χ1n) is 19.2. The molecule has 1 saturated heterocycles. The Balaban J connectivity index is 2.32. The second-order valence-corrected chi connectivity index (χ2v) is 16.4. The normalized spacial score (nSPS) is 17.1. The number of carbonyl (C=O) groups is 5. The van der Waals surface area contributed by atoms with Crippen molar-refractivity contribution in [3.8, 4) is 11.5 Å². The predicted molar refractivity (Wildman–Crippen MR) is 208 cm³/mol. The number of nitrogens with zero attached hydrogens (tertiary/aromatic N) is 1. The maximum atomic E-state index is 13.6. The van der Waals surface area contributed by atoms with Crippen LogP contribution in [0, 0.1) is 29.1 Å². The standard InChI is InChI=1S/C41H65N3O12/c1-26(2)29(19-28-13-14-32(51-11)34(20-28)52-18-12-17-50-10)21-31-33(22-30(27(3)4)37(47)43-23-41(8,9)38(42)48)53-24-44(31)39(49)55-25-54-35(45)15-16-36(46)56-40(5,6)7/h13-16,20,26-27,29-31,33H,12,17-19,21-25H2,1-11H3,(H2,42,48)(H,43,47)/b16-15+/t29-,30-,31-,33-/m0/s1. The van der Waals surface area contributed by atoms with E-state index in [1.165, 1.54) is 4.90 Å². The van der Waals surface area contributed by atoms with Gasteiger partial charge in [0.25, 0.3) is 0 Å². The minimum Gasteiger partial charge on any atom is -0.493 e. The molecular formula is C41H65N3O12. The van der Waals surface area contributed by atoms with E-state index in [-0.39, 0.29) is 43.4 Å². The lowest BCUT2D eigenvalue weighted by Crippen LogP contribution is -2.47. The molecule has 4 atom stereocenters. The monoisotopic (exact) mass is 791 g/mol. The number of esters is 2. The van der Waals surface area contributed by atoms with Crippen LogP contribution in [0.15, 0.2) is 30.4 Å². The number of nitrogens with two attached hydrogens (primary N) is 1. The third-order valence-electron chi connectivity index (χ3n) is 9.60. The van der Waals surface area contributed by atoms with E-state index in [9.17, 15) is 24.0 Å². The van der Waals surface area contributed by atoms with Crippen LogP contribution in [-0.4, -0.2) is 100.0 Å². The zero-order valence-electron chi connectivity index (χ0n) is 35.1. The van der Waals surface area contributed by atoms with E-state index in [0.29, 0.717) is 44.0 Å². The number of nitrogens with one attached hydrogen (secondary N) is 1. The molecule has 0 bridgehead atoms. The van der Waals surface area contributed by atoms with Gasteiger partial charge in [-0.05, 0) is 89.3 Å². The second kappa shape index (κ2) is 22.4. The molecule has 1 fully saturated rings. The van der Waals surface area contributed by atoms with E-state index in [4.69, 9.17) is 38.9 Å². The molecule has 316 valence electrons. The quantitative estimate of drug-likeness (QED) is 0.0679. The lowest BCUT2D eigenvalue weighted by Gasteiger charge is -2.33. The number of methoxy groups -OCH3 is 2. The number of ether oxygens (including phenoxy) is 7. The third kappa shape index (κ3) is 16.0. The van der Waals surface area contributed by atoms with Crippen LogP contribution in [0.1, 0.15) is 87.1 Å². The largest absolute Gasteiger partial charge is 0.493 e. The summed E-state index contributed by atoms with van der Waals surface area (Å²) in [5.74, 6) is -1.58. The van der Waals surface area contributed by atoms with Crippen LogP contribution in [-0.2, 0) is 49.3 Å². The average molecular weight is 792 g/mol. The molecule has 0 spiro atoms. The average Bonchev–Trinajstić information content (AvgIpc) is 3.51. The second-order valence-electron chi connectivity index (χ2n) is 16.4. The van der Waals surface area contributed by atoms with E-state index in [0.717, 1.165) is 17.7 Å². The van der Waals surface area contributed by atoms with Crippen molar-refractivity contribution in [2.45, 2.75) is 106 Å². The topological polar surface area (TPSA) is 191 Å². The van der Waals surface area contributed by atoms with E-state index < -0.39 is 59.8 Å². The molecule has 0 aliphatic carbocycles. The Hall–Kier alpha value is -4.37. The fourth-order valence-corrected chi connectivity index (χ4v) is 6.03. The Morgan fingerprint density at radius 1 is 0.929 bits per heavy atom. The smallest absolute Gasteiger partial charge is 0.414 e. The summed E-state index contributed by atoms with van der Waals surface area (Å²) in [5, 5.41) is 2.89. The minimum atomic E-state index is -0.945. The van der Waals surface area contributed by atoms with Crippen LogP contribution in [0.25, 0.3) is 0 Å². The van der Waals surface area contributed by atoms with Crippen molar-refractivity contribution in [2.24, 2.45) is 34.8 Å². The van der Waals surface area contributed by atoms with Crippen LogP contribution in [0.4, 0.5) is 4.79 Å². The highest BCUT2D eigenvalue weighted by Crippen LogP contribution is 2.36. The Morgan fingerprint density at radius 2 is 1.61 bits per heavy atom. The summed E-state index contributed by atoms with van der Waals surface area (Å²) in [6.07, 6.45) is 2.64. The van der Waals surface area contributed by atoms with Crippen molar-refractivity contribution in [2.75, 3.05) is 47.5 Å². The molecule has 0 aromatic heterocycles. The van der Waals surface area contributed by atoms with Gasteiger partial charge < -0.3 is 44.2 Å². The van der Waals surface area contributed by atoms with Crippen molar-refractivity contribution >= 4 is 29.8 Å². The van der Waals surface area contributed by atoms with E-state index in [1.807, 2.05) is 32.0 Å². The van der Waals surface area contributed by atoms with Gasteiger partial charge in [0.1, 0.15) is 12.3 Å². The SMILES string of the molecule is COCCCOc1cc(C[C@@H](C[C@H]2[C@H](C[C@H](C(=O)NCC(C)(C)C(N)=O)C(C)C)OCN2C(=O)OCOC(=O)/C=C/C(=O)OC(C)(C)C)C(C)C)ccc1OC. The lowest BCUT2D eigenvalue weighted by molar-refractivity contribution is -0.150. The molecule has 0 radical (unpaired) electrons. The van der Waals surface area contributed by atoms with Crippen LogP contribution >= 0.6 is 0 Å². The summed E-state index contributed by atoms with van der Waals surface area (Å²) in [5.41, 5.74) is 4.87. The molecule has 15 heteroatoms. The van der Waals surface area contributed by atoms with Gasteiger partial charge in [-0.1, -0.05) is 33.8 Å². The van der Waals surface area contributed by atoms with Gasteiger partial charge in [-0.2, -0.15) is 0 Å². The van der Waals surface area contributed by atoms with Crippen molar-refractivity contribution in [3.63, 3.8) is 0 Å². The van der Waals surface area contributed by atoms with Crippen LogP contribution in [0.3, 0.4) is 0 Å². The minimum absolute atomic E-state index is 0.0350. The lowest BCUT2D eigenvalue weighted by atomic mass is 9.80. The summed E-state index contributed by atoms with van der Waals surface area (Å²) < 4.78 is 38.5. The number of amides is 3. The molecule has 56 heavy (non-hydrogen) atoms. The Kier molecular flexibility index (Phi) is 19.1. The fraction of sp³-hybridized carbons (Fsp3) is 0.683. The number of hydrogen-bond donors (Lipinski definition) is 2. The summed E-state index contributed by atoms with van der Waals surface area (Å²) in [7, 11) is 3.23. The molecule has 15 nitrogen and oxygen atoms in total. The fourth-order valence-electron chi connectivity index (χ4n) is 6.03. The molecule has 1 aliphatic rings. The van der Waals surface area contributed by atoms with Crippen molar-refractivity contribution < 1.29 is 57.1 Å². The predicted octanol–water partition coefficient (Wildman–Crippen LogP) is 5.17. The first-order chi connectivity index (χ1) is 26.2. The Morgan fingerprint density at radius 3 is 2.20 bits per heavy atom. The number of benzene rings is 1. The van der Waals surface area contributed by atoms with Gasteiger partial charge in [-0.3, -0.25) is 14.5 Å². The van der Waals surface area contributed by atoms with Gasteiger partial charge in [-0.15, -0.1) is 0 Å². The summed E-state index contributed by atoms with van der Waals surface area (Å²) in [6.45, 7) is 16.8. The molecule has 0 unspecified atom stereocenters. The summed E-state index contributed by atoms with van der Waals surface area (Å²) in [4.78, 5) is 64.7. The highest BCUT2D eigenvalue weighted by molar-refractivity contribution is 5.91. The van der Waals surface area contributed by atoms with E-state index in [2.05, 4.69) is 19.2 Å². The third-order valence-corrected chi connectivity index (χ3v) is 9.60. The van der Waals surface area contributed by atoms with Gasteiger partial charge in [0.05, 0.1) is 31.3 Å². The Bertz CT molecular complexity index is 1490. The summed E-state index contributed by atoms with van der Waals surface area (Å²) in [6, 6.07) is 5.31. The molecule has 1 aliphatic heterocycles. The van der Waals surface area contributed by atoms with Crippen molar-refractivity contribution in [1.82, 2.24) is 10.2 Å². The van der Waals surface area contributed by atoms with Crippen LogP contribution in [0.5, 0.6) is 11.5 Å². The molecular weight excluding hydrogens is 726 g/mol. The zero-order valence-corrected chi connectivity index (χ0v) is 35.1. The van der Waals surface area contributed by atoms with Gasteiger partial charge in [0.15, 0.2) is 11.5 Å². The van der Waals surface area contributed by atoms with Crippen molar-refractivity contribution in [3.05, 3.63) is 35.9 Å². The molecule has 3 amide bonds. The zero-order chi connectivity index (χ0) is 42.2. The van der Waals surface area contributed by atoms with Gasteiger partial charge in [0.2, 0.25) is 18.6 Å². The first-order valence-corrected chi connectivity index (χ1v) is 19.2. The molecule has 2 rings (SSSR count). The number of hydrogen-bond acceptors (Lipinski definition) is 12. The Labute approximate surface area is 332 Å². The van der Waals surface area contributed by atoms with Crippen LogP contribution < -0.4 is 20.5 Å². The van der Waals surface area contributed by atoms with Gasteiger partial charge >= 0.3 is 18.0 Å². The summed E-state index contributed by atoms with van der Waals surface area (Å²) >= 11 is 0. The van der Waals surface area contributed by atoms with Gasteiger partial charge in [0, 0.05) is 44.8 Å². The van der Waals surface area contributed by atoms with Crippen LogP contribution in [0.2, 0.25) is 0 Å². The molecule has 0 saturated carbocycles. The van der Waals surface area contributed by atoms with E-state index in [1.54, 1.807) is 48.8 Å².